The Labute approximate surface area is 120 Å². The van der Waals surface area contributed by atoms with E-state index in [1.54, 1.807) is 13.8 Å². The molecule has 1 unspecified atom stereocenters. The summed E-state index contributed by atoms with van der Waals surface area (Å²) < 4.78 is 9.94. The lowest BCUT2D eigenvalue weighted by molar-refractivity contribution is -0.162. The van der Waals surface area contributed by atoms with Crippen molar-refractivity contribution >= 4 is 11.9 Å². The van der Waals surface area contributed by atoms with Crippen molar-refractivity contribution in [3.63, 3.8) is 0 Å². The fourth-order valence-electron chi connectivity index (χ4n) is 2.05. The number of benzene rings is 1. The normalized spacial score (nSPS) is 12.0. The third-order valence-corrected chi connectivity index (χ3v) is 3.10. The van der Waals surface area contributed by atoms with Crippen LogP contribution in [-0.2, 0) is 19.1 Å². The number of ether oxygens (including phenoxy) is 2. The number of rotatable bonds is 7. The van der Waals surface area contributed by atoms with Crippen LogP contribution in [0.1, 0.15) is 38.7 Å². The Kier molecular flexibility index (Phi) is 6.77. The maximum absolute atomic E-state index is 11.9. The highest BCUT2D eigenvalue weighted by atomic mass is 16.6. The van der Waals surface area contributed by atoms with Crippen LogP contribution in [-0.4, -0.2) is 25.2 Å². The summed E-state index contributed by atoms with van der Waals surface area (Å²) in [6.45, 7) is 5.95. The van der Waals surface area contributed by atoms with E-state index in [4.69, 9.17) is 9.47 Å². The Morgan fingerprint density at radius 2 is 1.50 bits per heavy atom. The minimum Gasteiger partial charge on any atom is -0.465 e. The van der Waals surface area contributed by atoms with E-state index in [-0.39, 0.29) is 19.1 Å². The van der Waals surface area contributed by atoms with Crippen molar-refractivity contribution in [3.05, 3.63) is 35.9 Å². The average molecular weight is 278 g/mol. The Hall–Kier alpha value is -1.84. The van der Waals surface area contributed by atoms with Gasteiger partial charge in [0.25, 0.3) is 0 Å². The van der Waals surface area contributed by atoms with Crippen LogP contribution in [0.4, 0.5) is 0 Å². The summed E-state index contributed by atoms with van der Waals surface area (Å²) in [7, 11) is 0. The van der Waals surface area contributed by atoms with Gasteiger partial charge in [-0.25, -0.2) is 0 Å². The number of hydrogen-bond acceptors (Lipinski definition) is 4. The molecular weight excluding hydrogens is 256 g/mol. The van der Waals surface area contributed by atoms with Gasteiger partial charge in [0.15, 0.2) is 5.92 Å². The first-order valence-electron chi connectivity index (χ1n) is 6.98. The molecule has 0 aliphatic rings. The molecule has 0 radical (unpaired) electrons. The Bertz CT molecular complexity index is 409. The molecule has 1 aromatic carbocycles. The zero-order chi connectivity index (χ0) is 15.0. The van der Waals surface area contributed by atoms with Gasteiger partial charge >= 0.3 is 11.9 Å². The lowest BCUT2D eigenvalue weighted by Gasteiger charge is -2.18. The summed E-state index contributed by atoms with van der Waals surface area (Å²) >= 11 is 0. The molecule has 1 atom stereocenters. The van der Waals surface area contributed by atoms with Crippen LogP contribution >= 0.6 is 0 Å². The van der Waals surface area contributed by atoms with Crippen molar-refractivity contribution in [2.75, 3.05) is 13.2 Å². The SMILES string of the molecule is CCOC(=O)C(CC(C)c1ccccc1)C(=O)OCC. The quantitative estimate of drug-likeness (QED) is 0.568. The van der Waals surface area contributed by atoms with Crippen molar-refractivity contribution in [2.24, 2.45) is 5.92 Å². The molecule has 0 aliphatic carbocycles. The molecule has 0 spiro atoms. The highest BCUT2D eigenvalue weighted by Gasteiger charge is 2.31. The van der Waals surface area contributed by atoms with Crippen LogP contribution in [0, 0.1) is 5.92 Å². The van der Waals surface area contributed by atoms with Crippen molar-refractivity contribution in [1.82, 2.24) is 0 Å². The standard InChI is InChI=1S/C16H22O4/c1-4-19-15(17)14(16(18)20-5-2)11-12(3)13-9-7-6-8-10-13/h6-10,12,14H,4-5,11H2,1-3H3. The van der Waals surface area contributed by atoms with Crippen molar-refractivity contribution < 1.29 is 19.1 Å². The molecule has 0 fully saturated rings. The van der Waals surface area contributed by atoms with E-state index < -0.39 is 17.9 Å². The van der Waals surface area contributed by atoms with Crippen LogP contribution in [0.2, 0.25) is 0 Å². The summed E-state index contributed by atoms with van der Waals surface area (Å²) in [5, 5.41) is 0. The van der Waals surface area contributed by atoms with Gasteiger partial charge in [0.2, 0.25) is 0 Å². The zero-order valence-corrected chi connectivity index (χ0v) is 12.3. The molecule has 0 saturated carbocycles. The summed E-state index contributed by atoms with van der Waals surface area (Å²) in [6, 6.07) is 9.78. The van der Waals surface area contributed by atoms with Gasteiger partial charge in [0.05, 0.1) is 13.2 Å². The molecule has 110 valence electrons. The summed E-state index contributed by atoms with van der Waals surface area (Å²) in [5.41, 5.74) is 1.09. The van der Waals surface area contributed by atoms with E-state index >= 15 is 0 Å². The molecule has 20 heavy (non-hydrogen) atoms. The van der Waals surface area contributed by atoms with Gasteiger partial charge in [0, 0.05) is 0 Å². The smallest absolute Gasteiger partial charge is 0.320 e. The maximum Gasteiger partial charge on any atom is 0.320 e. The second-order valence-electron chi connectivity index (χ2n) is 4.60. The van der Waals surface area contributed by atoms with E-state index in [9.17, 15) is 9.59 Å². The predicted octanol–water partition coefficient (Wildman–Crippen LogP) is 2.92. The van der Waals surface area contributed by atoms with Gasteiger partial charge in [-0.15, -0.1) is 0 Å². The number of carbonyl (C=O) groups is 2. The summed E-state index contributed by atoms with van der Waals surface area (Å²) in [5.74, 6) is -1.79. The molecular formula is C16H22O4. The lowest BCUT2D eigenvalue weighted by Crippen LogP contribution is -2.29. The fourth-order valence-corrected chi connectivity index (χ4v) is 2.05. The van der Waals surface area contributed by atoms with Crippen molar-refractivity contribution in [3.8, 4) is 0 Å². The second-order valence-corrected chi connectivity index (χ2v) is 4.60. The molecule has 1 aromatic rings. The highest BCUT2D eigenvalue weighted by Crippen LogP contribution is 2.24. The van der Waals surface area contributed by atoms with Gasteiger partial charge in [-0.2, -0.15) is 0 Å². The predicted molar refractivity (Wildman–Crippen MR) is 76.2 cm³/mol. The molecule has 4 heteroatoms. The molecule has 0 bridgehead atoms. The van der Waals surface area contributed by atoms with Crippen LogP contribution in [0.3, 0.4) is 0 Å². The molecule has 0 saturated heterocycles. The lowest BCUT2D eigenvalue weighted by atomic mass is 9.90. The van der Waals surface area contributed by atoms with Crippen molar-refractivity contribution in [1.29, 1.82) is 0 Å². The van der Waals surface area contributed by atoms with Gasteiger partial charge < -0.3 is 9.47 Å². The third-order valence-electron chi connectivity index (χ3n) is 3.10. The molecule has 4 nitrogen and oxygen atoms in total. The molecule has 0 aliphatic heterocycles. The van der Waals surface area contributed by atoms with Gasteiger partial charge in [-0.1, -0.05) is 37.3 Å². The van der Waals surface area contributed by atoms with E-state index in [0.717, 1.165) is 5.56 Å². The average Bonchev–Trinajstić information content (AvgIpc) is 2.45. The van der Waals surface area contributed by atoms with E-state index in [1.807, 2.05) is 37.3 Å². The minimum atomic E-state index is -0.856. The van der Waals surface area contributed by atoms with Crippen LogP contribution in [0.25, 0.3) is 0 Å². The summed E-state index contributed by atoms with van der Waals surface area (Å²) in [4.78, 5) is 23.8. The third kappa shape index (κ3) is 4.68. The first-order chi connectivity index (χ1) is 9.60. The van der Waals surface area contributed by atoms with E-state index in [2.05, 4.69) is 0 Å². The first kappa shape index (κ1) is 16.2. The summed E-state index contributed by atoms with van der Waals surface area (Å²) in [6.07, 6.45) is 0.391. The number of carbonyl (C=O) groups excluding carboxylic acids is 2. The fraction of sp³-hybridized carbons (Fsp3) is 0.500. The van der Waals surface area contributed by atoms with Crippen LogP contribution in [0.15, 0.2) is 30.3 Å². The zero-order valence-electron chi connectivity index (χ0n) is 12.3. The number of hydrogen-bond donors (Lipinski definition) is 0. The molecule has 1 rings (SSSR count). The van der Waals surface area contributed by atoms with E-state index in [0.29, 0.717) is 6.42 Å². The van der Waals surface area contributed by atoms with Crippen LogP contribution < -0.4 is 0 Å². The second kappa shape index (κ2) is 8.35. The van der Waals surface area contributed by atoms with Gasteiger partial charge in [-0.05, 0) is 31.7 Å². The van der Waals surface area contributed by atoms with Crippen molar-refractivity contribution in [2.45, 2.75) is 33.1 Å². The molecule has 0 N–H and O–H groups in total. The largest absolute Gasteiger partial charge is 0.465 e. The molecule has 0 aromatic heterocycles. The Balaban J connectivity index is 2.78. The van der Waals surface area contributed by atoms with Gasteiger partial charge in [-0.3, -0.25) is 9.59 Å². The first-order valence-corrected chi connectivity index (χ1v) is 6.98. The molecule has 0 amide bonds. The monoisotopic (exact) mass is 278 g/mol. The molecule has 0 heterocycles. The van der Waals surface area contributed by atoms with E-state index in [1.165, 1.54) is 0 Å². The maximum atomic E-state index is 11.9. The van der Waals surface area contributed by atoms with Crippen LogP contribution in [0.5, 0.6) is 0 Å². The highest BCUT2D eigenvalue weighted by molar-refractivity contribution is 5.95. The Morgan fingerprint density at radius 1 is 1.00 bits per heavy atom. The van der Waals surface area contributed by atoms with Gasteiger partial charge in [0.1, 0.15) is 0 Å². The number of esters is 2. The minimum absolute atomic E-state index is 0.0787. The topological polar surface area (TPSA) is 52.6 Å². The Morgan fingerprint density at radius 3 is 1.95 bits per heavy atom.